The fourth-order valence-corrected chi connectivity index (χ4v) is 1.54. The molecule has 1 unspecified atom stereocenters. The molecule has 0 aromatic heterocycles. The Morgan fingerprint density at radius 2 is 2.50 bits per heavy atom. The highest BCUT2D eigenvalue weighted by Gasteiger charge is 2.14. The van der Waals surface area contributed by atoms with Crippen LogP contribution in [-0.4, -0.2) is 6.04 Å². The third-order valence-corrected chi connectivity index (χ3v) is 2.33. The smallest absolute Gasteiger partial charge is 0.0326 e. The van der Waals surface area contributed by atoms with Crippen LogP contribution < -0.4 is 5.32 Å². The average molecular weight is 165 g/mol. The van der Waals surface area contributed by atoms with E-state index < -0.39 is 0 Å². The van der Waals surface area contributed by atoms with Crippen LogP contribution in [0.3, 0.4) is 0 Å². The molecule has 0 aromatic rings. The maximum Gasteiger partial charge on any atom is 0.0326 e. The van der Waals surface area contributed by atoms with Crippen LogP contribution in [0, 0.1) is 0 Å². The van der Waals surface area contributed by atoms with Gasteiger partial charge in [0.15, 0.2) is 0 Å². The van der Waals surface area contributed by atoms with Gasteiger partial charge in [-0.1, -0.05) is 32.4 Å². The Bertz CT molecular complexity index is 191. The highest BCUT2D eigenvalue weighted by Crippen LogP contribution is 2.18. The summed E-state index contributed by atoms with van der Waals surface area (Å²) in [4.78, 5) is 0. The zero-order chi connectivity index (χ0) is 8.97. The molecule has 0 radical (unpaired) electrons. The van der Waals surface area contributed by atoms with Gasteiger partial charge >= 0.3 is 0 Å². The molecule has 1 rings (SSSR count). The van der Waals surface area contributed by atoms with E-state index in [1.54, 1.807) is 0 Å². The van der Waals surface area contributed by atoms with Crippen molar-refractivity contribution in [2.75, 3.05) is 0 Å². The van der Waals surface area contributed by atoms with Gasteiger partial charge < -0.3 is 5.32 Å². The van der Waals surface area contributed by atoms with E-state index in [1.165, 1.54) is 31.4 Å². The van der Waals surface area contributed by atoms with Crippen molar-refractivity contribution in [2.24, 2.45) is 0 Å². The number of hydrogen-bond acceptors (Lipinski definition) is 1. The van der Waals surface area contributed by atoms with Crippen LogP contribution in [0.15, 0.2) is 23.9 Å². The largest absolute Gasteiger partial charge is 0.382 e. The minimum atomic E-state index is 0.677. The number of rotatable bonds is 4. The van der Waals surface area contributed by atoms with Crippen molar-refractivity contribution in [2.45, 2.75) is 45.6 Å². The van der Waals surface area contributed by atoms with Crippen LogP contribution in [0.4, 0.5) is 0 Å². The zero-order valence-corrected chi connectivity index (χ0v) is 8.19. The number of allylic oxidation sites excluding steroid dienone is 1. The predicted octanol–water partition coefficient (Wildman–Crippen LogP) is 3.00. The molecule has 12 heavy (non-hydrogen) atoms. The van der Waals surface area contributed by atoms with E-state index in [0.29, 0.717) is 6.04 Å². The molecular weight excluding hydrogens is 146 g/mol. The number of nitrogens with one attached hydrogen (secondary N) is 1. The molecule has 1 nitrogen and oxygen atoms in total. The molecule has 0 saturated carbocycles. The molecule has 1 atom stereocenters. The minimum absolute atomic E-state index is 0.677. The van der Waals surface area contributed by atoms with Crippen LogP contribution in [0.2, 0.25) is 0 Å². The summed E-state index contributed by atoms with van der Waals surface area (Å²) >= 11 is 0. The van der Waals surface area contributed by atoms with E-state index in [-0.39, 0.29) is 0 Å². The van der Waals surface area contributed by atoms with Crippen LogP contribution in [0.25, 0.3) is 0 Å². The summed E-state index contributed by atoms with van der Waals surface area (Å²) in [5.41, 5.74) is 2.42. The maximum absolute atomic E-state index is 3.92. The molecule has 1 aliphatic rings. The van der Waals surface area contributed by atoms with E-state index in [2.05, 4.69) is 31.8 Å². The molecule has 0 aliphatic carbocycles. The normalized spacial score (nSPS) is 21.8. The van der Waals surface area contributed by atoms with E-state index in [9.17, 15) is 0 Å². The highest BCUT2D eigenvalue weighted by atomic mass is 14.9. The summed E-state index contributed by atoms with van der Waals surface area (Å²) in [6, 6.07) is 0.677. The van der Waals surface area contributed by atoms with Crippen molar-refractivity contribution in [3.05, 3.63) is 23.9 Å². The van der Waals surface area contributed by atoms with Crippen molar-refractivity contribution in [1.29, 1.82) is 0 Å². The first-order chi connectivity index (χ1) is 5.74. The van der Waals surface area contributed by atoms with Gasteiger partial charge in [-0.2, -0.15) is 0 Å². The molecule has 0 bridgehead atoms. The van der Waals surface area contributed by atoms with Gasteiger partial charge in [0.25, 0.3) is 0 Å². The molecule has 68 valence electrons. The monoisotopic (exact) mass is 165 g/mol. The summed E-state index contributed by atoms with van der Waals surface area (Å²) in [6.45, 7) is 8.22. The summed E-state index contributed by atoms with van der Waals surface area (Å²) in [5.74, 6) is 0. The fourth-order valence-electron chi connectivity index (χ4n) is 1.54. The lowest BCUT2D eigenvalue weighted by molar-refractivity contribution is 0.538. The predicted molar refractivity (Wildman–Crippen MR) is 54.0 cm³/mol. The number of hydrogen-bond donors (Lipinski definition) is 1. The van der Waals surface area contributed by atoms with Crippen molar-refractivity contribution in [3.8, 4) is 0 Å². The summed E-state index contributed by atoms with van der Waals surface area (Å²) < 4.78 is 0. The van der Waals surface area contributed by atoms with Crippen molar-refractivity contribution < 1.29 is 0 Å². The SMILES string of the molecule is C=C(C)C1=CCC(CCCC)N1. The van der Waals surface area contributed by atoms with Crippen molar-refractivity contribution in [1.82, 2.24) is 5.32 Å². The van der Waals surface area contributed by atoms with Gasteiger partial charge in [-0.3, -0.25) is 0 Å². The van der Waals surface area contributed by atoms with Gasteiger partial charge in [0.2, 0.25) is 0 Å². The topological polar surface area (TPSA) is 12.0 Å². The fraction of sp³-hybridized carbons (Fsp3) is 0.636. The zero-order valence-electron chi connectivity index (χ0n) is 8.19. The van der Waals surface area contributed by atoms with Crippen LogP contribution in [0.1, 0.15) is 39.5 Å². The molecule has 0 aromatic carbocycles. The van der Waals surface area contributed by atoms with E-state index in [4.69, 9.17) is 0 Å². The lowest BCUT2D eigenvalue weighted by Crippen LogP contribution is -2.22. The summed E-state index contributed by atoms with van der Waals surface area (Å²) in [7, 11) is 0. The molecule has 0 saturated heterocycles. The van der Waals surface area contributed by atoms with Gasteiger partial charge in [0.05, 0.1) is 0 Å². The summed E-state index contributed by atoms with van der Waals surface area (Å²) in [6.07, 6.45) is 7.37. The number of unbranched alkanes of at least 4 members (excludes halogenated alkanes) is 1. The Morgan fingerprint density at radius 1 is 1.75 bits per heavy atom. The maximum atomic E-state index is 3.92. The molecule has 1 heteroatoms. The third kappa shape index (κ3) is 2.40. The van der Waals surface area contributed by atoms with Gasteiger partial charge in [-0.05, 0) is 25.3 Å². The summed E-state index contributed by atoms with van der Waals surface area (Å²) in [5, 5.41) is 3.49. The lowest BCUT2D eigenvalue weighted by atomic mass is 10.1. The minimum Gasteiger partial charge on any atom is -0.382 e. The Labute approximate surface area is 75.6 Å². The first kappa shape index (κ1) is 9.37. The van der Waals surface area contributed by atoms with E-state index >= 15 is 0 Å². The van der Waals surface area contributed by atoms with Gasteiger partial charge in [-0.15, -0.1) is 0 Å². The molecule has 1 heterocycles. The second kappa shape index (κ2) is 4.34. The standard InChI is InChI=1S/C11H19N/c1-4-5-6-10-7-8-11(12-10)9(2)3/h8,10,12H,2,4-7H2,1,3H3. The Kier molecular flexibility index (Phi) is 3.39. The Morgan fingerprint density at radius 3 is 3.00 bits per heavy atom. The molecule has 1 aliphatic heterocycles. The second-order valence-corrected chi connectivity index (χ2v) is 3.62. The van der Waals surface area contributed by atoms with Crippen LogP contribution >= 0.6 is 0 Å². The molecule has 0 spiro atoms. The first-order valence-electron chi connectivity index (χ1n) is 4.86. The Balaban J connectivity index is 2.27. The first-order valence-corrected chi connectivity index (χ1v) is 4.86. The van der Waals surface area contributed by atoms with Crippen molar-refractivity contribution >= 4 is 0 Å². The molecule has 0 amide bonds. The Hall–Kier alpha value is -0.720. The van der Waals surface area contributed by atoms with Crippen LogP contribution in [0.5, 0.6) is 0 Å². The average Bonchev–Trinajstić information content (AvgIpc) is 2.48. The molecule has 1 N–H and O–H groups in total. The molecular formula is C11H19N. The van der Waals surface area contributed by atoms with Crippen molar-refractivity contribution in [3.63, 3.8) is 0 Å². The van der Waals surface area contributed by atoms with E-state index in [1.807, 2.05) is 0 Å². The van der Waals surface area contributed by atoms with E-state index in [0.717, 1.165) is 5.57 Å². The quantitative estimate of drug-likeness (QED) is 0.675. The van der Waals surface area contributed by atoms with Crippen LogP contribution in [-0.2, 0) is 0 Å². The van der Waals surface area contributed by atoms with Gasteiger partial charge in [0, 0.05) is 11.7 Å². The van der Waals surface area contributed by atoms with Gasteiger partial charge in [-0.25, -0.2) is 0 Å². The second-order valence-electron chi connectivity index (χ2n) is 3.62. The van der Waals surface area contributed by atoms with Gasteiger partial charge in [0.1, 0.15) is 0 Å². The lowest BCUT2D eigenvalue weighted by Gasteiger charge is -2.12. The highest BCUT2D eigenvalue weighted by molar-refractivity contribution is 5.28. The third-order valence-electron chi connectivity index (χ3n) is 2.33. The molecule has 0 fully saturated rings.